The fraction of sp³-hybridized carbons (Fsp3) is 0.214. The van der Waals surface area contributed by atoms with E-state index in [-0.39, 0.29) is 24.7 Å². The monoisotopic (exact) mass is 288 g/mol. The molecule has 1 aliphatic rings. The molecule has 1 fully saturated rings. The Labute approximate surface area is 119 Å². The molecule has 1 aromatic heterocycles. The van der Waals surface area contributed by atoms with Gasteiger partial charge in [0.2, 0.25) is 11.8 Å². The third kappa shape index (κ3) is 2.37. The van der Waals surface area contributed by atoms with Crippen molar-refractivity contribution in [2.75, 3.05) is 11.4 Å². The van der Waals surface area contributed by atoms with Crippen molar-refractivity contribution in [3.05, 3.63) is 36.3 Å². The molecule has 6 nitrogen and oxygen atoms in total. The fourth-order valence-corrected chi connectivity index (χ4v) is 2.44. The number of anilines is 1. The fourth-order valence-electron chi connectivity index (χ4n) is 2.44. The van der Waals surface area contributed by atoms with Crippen LogP contribution in [-0.4, -0.2) is 28.6 Å². The van der Waals surface area contributed by atoms with Gasteiger partial charge in [0, 0.05) is 18.5 Å². The quantitative estimate of drug-likeness (QED) is 0.884. The molecule has 1 saturated heterocycles. The molecule has 1 aromatic carbocycles. The maximum atomic E-state index is 13.0. The van der Waals surface area contributed by atoms with Gasteiger partial charge in [-0.3, -0.25) is 19.6 Å². The number of halogens is 1. The number of aromatic nitrogens is 2. The Morgan fingerprint density at radius 1 is 1.38 bits per heavy atom. The first-order chi connectivity index (χ1) is 10.1. The second-order valence-electron chi connectivity index (χ2n) is 4.95. The van der Waals surface area contributed by atoms with Crippen LogP contribution in [0.2, 0.25) is 0 Å². The molecule has 0 radical (unpaired) electrons. The Bertz CT molecular complexity index is 695. The van der Waals surface area contributed by atoms with Crippen LogP contribution in [0.1, 0.15) is 6.42 Å². The van der Waals surface area contributed by atoms with E-state index in [0.717, 1.165) is 5.56 Å². The van der Waals surface area contributed by atoms with Crippen molar-refractivity contribution in [1.82, 2.24) is 10.2 Å². The molecular weight excluding hydrogens is 275 g/mol. The number of nitrogens with one attached hydrogen (secondary N) is 1. The van der Waals surface area contributed by atoms with E-state index < -0.39 is 11.8 Å². The lowest BCUT2D eigenvalue weighted by atomic mass is 10.1. The second-order valence-corrected chi connectivity index (χ2v) is 4.95. The van der Waals surface area contributed by atoms with Gasteiger partial charge in [0.15, 0.2) is 0 Å². The summed E-state index contributed by atoms with van der Waals surface area (Å²) in [6.45, 7) is 0.227. The van der Waals surface area contributed by atoms with E-state index >= 15 is 0 Å². The number of hydrogen-bond donors (Lipinski definition) is 2. The summed E-state index contributed by atoms with van der Waals surface area (Å²) in [5, 5.41) is 6.70. The van der Waals surface area contributed by atoms with Crippen molar-refractivity contribution in [2.24, 2.45) is 11.7 Å². The van der Waals surface area contributed by atoms with Crippen molar-refractivity contribution in [1.29, 1.82) is 0 Å². The lowest BCUT2D eigenvalue weighted by molar-refractivity contribution is -0.123. The molecule has 2 heterocycles. The molecule has 1 atom stereocenters. The number of nitrogens with two attached hydrogens (primary N) is 1. The lowest BCUT2D eigenvalue weighted by Crippen LogP contribution is -2.29. The molecule has 1 unspecified atom stereocenters. The number of hydrogen-bond acceptors (Lipinski definition) is 3. The van der Waals surface area contributed by atoms with E-state index in [9.17, 15) is 14.0 Å². The largest absolute Gasteiger partial charge is 0.369 e. The number of aromatic amines is 1. The normalized spacial score (nSPS) is 18.2. The van der Waals surface area contributed by atoms with Gasteiger partial charge < -0.3 is 5.73 Å². The van der Waals surface area contributed by atoms with E-state index in [1.54, 1.807) is 18.3 Å². The van der Waals surface area contributed by atoms with Crippen molar-refractivity contribution in [2.45, 2.75) is 6.42 Å². The molecule has 7 heteroatoms. The Balaban J connectivity index is 1.94. The van der Waals surface area contributed by atoms with Gasteiger partial charge in [-0.1, -0.05) is 12.1 Å². The number of nitrogens with zero attached hydrogens (tertiary/aromatic N) is 2. The second kappa shape index (κ2) is 5.01. The predicted molar refractivity (Wildman–Crippen MR) is 73.6 cm³/mol. The number of carbonyl (C=O) groups excluding carboxylic acids is 2. The Morgan fingerprint density at radius 3 is 2.71 bits per heavy atom. The van der Waals surface area contributed by atoms with E-state index in [2.05, 4.69) is 10.2 Å². The molecule has 21 heavy (non-hydrogen) atoms. The highest BCUT2D eigenvalue weighted by Gasteiger charge is 2.35. The van der Waals surface area contributed by atoms with Crippen LogP contribution >= 0.6 is 0 Å². The van der Waals surface area contributed by atoms with Crippen LogP contribution in [0.4, 0.5) is 10.2 Å². The number of amides is 2. The van der Waals surface area contributed by atoms with Gasteiger partial charge in [-0.2, -0.15) is 5.10 Å². The third-order valence-electron chi connectivity index (χ3n) is 3.57. The SMILES string of the molecule is NC(=O)C1CC(=O)N(c2[nH]ncc2-c2ccc(F)cc2)C1. The smallest absolute Gasteiger partial charge is 0.229 e. The summed E-state index contributed by atoms with van der Waals surface area (Å²) in [6, 6.07) is 5.89. The Morgan fingerprint density at radius 2 is 2.10 bits per heavy atom. The van der Waals surface area contributed by atoms with Gasteiger partial charge in [0.05, 0.1) is 12.1 Å². The van der Waals surface area contributed by atoms with Gasteiger partial charge in [0.25, 0.3) is 0 Å². The van der Waals surface area contributed by atoms with Crippen molar-refractivity contribution < 1.29 is 14.0 Å². The molecule has 0 aliphatic carbocycles. The average Bonchev–Trinajstić information content (AvgIpc) is 3.05. The molecule has 0 spiro atoms. The molecule has 0 bridgehead atoms. The van der Waals surface area contributed by atoms with E-state index in [1.165, 1.54) is 17.0 Å². The first kappa shape index (κ1) is 13.3. The number of H-pyrrole nitrogens is 1. The number of benzene rings is 1. The molecule has 3 N–H and O–H groups in total. The van der Waals surface area contributed by atoms with Gasteiger partial charge in [0.1, 0.15) is 11.6 Å². The van der Waals surface area contributed by atoms with E-state index in [0.29, 0.717) is 11.4 Å². The average molecular weight is 288 g/mol. The molecular formula is C14H13FN4O2. The predicted octanol–water partition coefficient (Wildman–Crippen LogP) is 1.05. The van der Waals surface area contributed by atoms with Gasteiger partial charge in [-0.15, -0.1) is 0 Å². The number of carbonyl (C=O) groups is 2. The Kier molecular flexibility index (Phi) is 3.17. The maximum absolute atomic E-state index is 13.0. The summed E-state index contributed by atoms with van der Waals surface area (Å²) in [6.07, 6.45) is 1.66. The van der Waals surface area contributed by atoms with Gasteiger partial charge in [-0.25, -0.2) is 4.39 Å². The van der Waals surface area contributed by atoms with Crippen molar-refractivity contribution >= 4 is 17.6 Å². The lowest BCUT2D eigenvalue weighted by Gasteiger charge is -2.16. The third-order valence-corrected chi connectivity index (χ3v) is 3.57. The summed E-state index contributed by atoms with van der Waals surface area (Å²) in [5.74, 6) is -1.02. The molecule has 1 aliphatic heterocycles. The van der Waals surface area contributed by atoms with Crippen LogP contribution in [0.3, 0.4) is 0 Å². The zero-order valence-electron chi connectivity index (χ0n) is 11.0. The molecule has 108 valence electrons. The minimum atomic E-state index is -0.498. The Hall–Kier alpha value is -2.70. The van der Waals surface area contributed by atoms with Crippen LogP contribution in [0, 0.1) is 11.7 Å². The zero-order chi connectivity index (χ0) is 15.0. The molecule has 2 aromatic rings. The maximum Gasteiger partial charge on any atom is 0.229 e. The van der Waals surface area contributed by atoms with E-state index in [4.69, 9.17) is 5.73 Å². The summed E-state index contributed by atoms with van der Waals surface area (Å²) in [4.78, 5) is 24.7. The number of rotatable bonds is 3. The summed E-state index contributed by atoms with van der Waals surface area (Å²) in [5.41, 5.74) is 6.66. The standard InChI is InChI=1S/C14H13FN4O2/c15-10-3-1-8(2-4-10)11-6-17-18-14(11)19-7-9(13(16)21)5-12(19)20/h1-4,6,9H,5,7H2,(H2,16,21)(H,17,18). The first-order valence-electron chi connectivity index (χ1n) is 6.45. The zero-order valence-corrected chi connectivity index (χ0v) is 11.0. The topological polar surface area (TPSA) is 92.1 Å². The minimum absolute atomic E-state index is 0.0945. The van der Waals surface area contributed by atoms with E-state index in [1.807, 2.05) is 0 Å². The minimum Gasteiger partial charge on any atom is -0.369 e. The highest BCUT2D eigenvalue weighted by molar-refractivity contribution is 6.01. The van der Waals surface area contributed by atoms with Crippen LogP contribution in [-0.2, 0) is 9.59 Å². The first-order valence-corrected chi connectivity index (χ1v) is 6.45. The highest BCUT2D eigenvalue weighted by atomic mass is 19.1. The highest BCUT2D eigenvalue weighted by Crippen LogP contribution is 2.32. The van der Waals surface area contributed by atoms with Crippen molar-refractivity contribution in [3.8, 4) is 11.1 Å². The van der Waals surface area contributed by atoms with Crippen LogP contribution < -0.4 is 10.6 Å². The summed E-state index contributed by atoms with van der Waals surface area (Å²) >= 11 is 0. The van der Waals surface area contributed by atoms with Crippen LogP contribution in [0.15, 0.2) is 30.5 Å². The number of primary amides is 1. The molecule has 3 rings (SSSR count). The van der Waals surface area contributed by atoms with Crippen molar-refractivity contribution in [3.63, 3.8) is 0 Å². The van der Waals surface area contributed by atoms with Gasteiger partial charge >= 0.3 is 0 Å². The molecule has 2 amide bonds. The summed E-state index contributed by atoms with van der Waals surface area (Å²) in [7, 11) is 0. The summed E-state index contributed by atoms with van der Waals surface area (Å²) < 4.78 is 13.0. The molecule has 0 saturated carbocycles. The van der Waals surface area contributed by atoms with Crippen LogP contribution in [0.5, 0.6) is 0 Å². The van der Waals surface area contributed by atoms with Crippen LogP contribution in [0.25, 0.3) is 11.1 Å². The van der Waals surface area contributed by atoms with Gasteiger partial charge in [-0.05, 0) is 17.7 Å².